The third-order valence-corrected chi connectivity index (χ3v) is 2.69. The van der Waals surface area contributed by atoms with Gasteiger partial charge in [0.25, 0.3) is 0 Å². The first-order valence-electron chi connectivity index (χ1n) is 5.37. The number of fused-ring (bicyclic) bond motifs is 1. The van der Waals surface area contributed by atoms with Crippen molar-refractivity contribution in [3.05, 3.63) is 30.1 Å². The van der Waals surface area contributed by atoms with Crippen LogP contribution in [0, 0.1) is 0 Å². The highest BCUT2D eigenvalue weighted by molar-refractivity contribution is 5.83. The number of aliphatic hydroxyl groups excluding tert-OH is 1. The molecule has 0 aromatic carbocycles. The third kappa shape index (κ3) is 2.14. The molecule has 0 radical (unpaired) electrons. The normalized spacial score (nSPS) is 10.8. The zero-order valence-corrected chi connectivity index (χ0v) is 9.92. The third-order valence-electron chi connectivity index (χ3n) is 2.69. The molecule has 0 spiro atoms. The van der Waals surface area contributed by atoms with Gasteiger partial charge in [-0.05, 0) is 12.1 Å². The zero-order chi connectivity index (χ0) is 12.4. The van der Waals surface area contributed by atoms with Gasteiger partial charge in [-0.15, -0.1) is 0 Å². The lowest BCUT2D eigenvalue weighted by atomic mass is 10.2. The van der Waals surface area contributed by atoms with Gasteiger partial charge in [0.15, 0.2) is 0 Å². The molecule has 2 aromatic rings. The van der Waals surface area contributed by atoms with Crippen LogP contribution >= 0.6 is 0 Å². The molecule has 2 rings (SSSR count). The van der Waals surface area contributed by atoms with Crippen LogP contribution in [-0.2, 0) is 17.9 Å². The first-order chi connectivity index (χ1) is 8.13. The Kier molecular flexibility index (Phi) is 3.10. The van der Waals surface area contributed by atoms with Gasteiger partial charge in [0.1, 0.15) is 12.2 Å². The van der Waals surface area contributed by atoms with E-state index in [4.69, 9.17) is 0 Å². The van der Waals surface area contributed by atoms with Crippen molar-refractivity contribution in [1.29, 1.82) is 0 Å². The highest BCUT2D eigenvalue weighted by atomic mass is 16.3. The number of aromatic nitrogens is 2. The van der Waals surface area contributed by atoms with Crippen LogP contribution in [0.5, 0.6) is 0 Å². The van der Waals surface area contributed by atoms with E-state index in [1.54, 1.807) is 31.1 Å². The van der Waals surface area contributed by atoms with Crippen molar-refractivity contribution in [2.45, 2.75) is 13.2 Å². The number of nitrogens with zero attached hydrogens (tertiary/aromatic N) is 3. The molecule has 0 bridgehead atoms. The molecular formula is C12H15N3O2. The summed E-state index contributed by atoms with van der Waals surface area (Å²) in [4.78, 5) is 17.4. The molecule has 0 saturated carbocycles. The maximum atomic E-state index is 11.7. The predicted octanol–water partition coefficient (Wildman–Crippen LogP) is 0.617. The molecule has 2 heterocycles. The second kappa shape index (κ2) is 4.55. The maximum Gasteiger partial charge on any atom is 0.242 e. The molecule has 0 aliphatic carbocycles. The molecule has 1 amide bonds. The van der Waals surface area contributed by atoms with E-state index in [1.807, 2.05) is 12.1 Å². The average molecular weight is 233 g/mol. The first kappa shape index (κ1) is 11.6. The van der Waals surface area contributed by atoms with Crippen LogP contribution in [0.2, 0.25) is 0 Å². The van der Waals surface area contributed by atoms with E-state index in [-0.39, 0.29) is 19.1 Å². The molecule has 17 heavy (non-hydrogen) atoms. The second-order valence-electron chi connectivity index (χ2n) is 4.10. The maximum absolute atomic E-state index is 11.7. The summed E-state index contributed by atoms with van der Waals surface area (Å²) >= 11 is 0. The van der Waals surface area contributed by atoms with Gasteiger partial charge < -0.3 is 14.6 Å². The average Bonchev–Trinajstić information content (AvgIpc) is 2.68. The number of carbonyl (C=O) groups excluding carboxylic acids is 1. The fourth-order valence-electron chi connectivity index (χ4n) is 1.73. The number of hydrogen-bond donors (Lipinski definition) is 1. The van der Waals surface area contributed by atoms with Crippen molar-refractivity contribution < 1.29 is 9.90 Å². The summed E-state index contributed by atoms with van der Waals surface area (Å²) < 4.78 is 1.77. The van der Waals surface area contributed by atoms with Crippen LogP contribution in [-0.4, -0.2) is 39.6 Å². The Morgan fingerprint density at radius 3 is 2.94 bits per heavy atom. The van der Waals surface area contributed by atoms with Crippen molar-refractivity contribution >= 4 is 16.9 Å². The second-order valence-corrected chi connectivity index (χ2v) is 4.10. The Balaban J connectivity index is 2.44. The number of pyridine rings is 1. The lowest BCUT2D eigenvalue weighted by molar-refractivity contribution is -0.129. The van der Waals surface area contributed by atoms with Crippen LogP contribution in [0.4, 0.5) is 0 Å². The van der Waals surface area contributed by atoms with Crippen LogP contribution < -0.4 is 0 Å². The van der Waals surface area contributed by atoms with E-state index < -0.39 is 0 Å². The molecule has 0 aliphatic heterocycles. The molecular weight excluding hydrogens is 218 g/mol. The van der Waals surface area contributed by atoms with E-state index in [9.17, 15) is 9.90 Å². The largest absolute Gasteiger partial charge is 0.392 e. The first-order valence-corrected chi connectivity index (χ1v) is 5.37. The van der Waals surface area contributed by atoms with Crippen molar-refractivity contribution in [2.75, 3.05) is 14.1 Å². The molecule has 5 heteroatoms. The topological polar surface area (TPSA) is 58.4 Å². The van der Waals surface area contributed by atoms with E-state index in [0.717, 1.165) is 16.6 Å². The standard InChI is InChI=1S/C12H15N3O2/c1-14(2)11(17)7-15-6-9(8-16)10-4-3-5-13-12(10)15/h3-6,16H,7-8H2,1-2H3. The van der Waals surface area contributed by atoms with Gasteiger partial charge in [-0.3, -0.25) is 4.79 Å². The zero-order valence-electron chi connectivity index (χ0n) is 9.92. The van der Waals surface area contributed by atoms with Gasteiger partial charge in [0.2, 0.25) is 5.91 Å². The van der Waals surface area contributed by atoms with Gasteiger partial charge in [-0.25, -0.2) is 4.98 Å². The van der Waals surface area contributed by atoms with E-state index in [2.05, 4.69) is 4.98 Å². The predicted molar refractivity (Wildman–Crippen MR) is 64.3 cm³/mol. The highest BCUT2D eigenvalue weighted by Gasteiger charge is 2.12. The van der Waals surface area contributed by atoms with Gasteiger partial charge >= 0.3 is 0 Å². The fourth-order valence-corrected chi connectivity index (χ4v) is 1.73. The van der Waals surface area contributed by atoms with E-state index >= 15 is 0 Å². The molecule has 0 unspecified atom stereocenters. The number of rotatable bonds is 3. The van der Waals surface area contributed by atoms with Crippen LogP contribution in [0.3, 0.4) is 0 Å². The summed E-state index contributed by atoms with van der Waals surface area (Å²) in [6.07, 6.45) is 3.46. The minimum atomic E-state index is -0.0502. The monoisotopic (exact) mass is 233 g/mol. The molecule has 0 saturated heterocycles. The fraction of sp³-hybridized carbons (Fsp3) is 0.333. The number of aliphatic hydroxyl groups is 1. The van der Waals surface area contributed by atoms with E-state index in [0.29, 0.717) is 0 Å². The van der Waals surface area contributed by atoms with Crippen molar-refractivity contribution in [3.63, 3.8) is 0 Å². The summed E-state index contributed by atoms with van der Waals surface area (Å²) in [5.74, 6) is -0.00274. The quantitative estimate of drug-likeness (QED) is 0.845. The summed E-state index contributed by atoms with van der Waals surface area (Å²) in [5.41, 5.74) is 1.52. The highest BCUT2D eigenvalue weighted by Crippen LogP contribution is 2.19. The summed E-state index contributed by atoms with van der Waals surface area (Å²) in [5, 5.41) is 10.1. The molecule has 5 nitrogen and oxygen atoms in total. The summed E-state index contributed by atoms with van der Waals surface area (Å²) in [7, 11) is 3.43. The van der Waals surface area contributed by atoms with E-state index in [1.165, 1.54) is 4.90 Å². The summed E-state index contributed by atoms with van der Waals surface area (Å²) in [6, 6.07) is 3.71. The van der Waals surface area contributed by atoms with Gasteiger partial charge in [0.05, 0.1) is 6.61 Å². The molecule has 90 valence electrons. The Bertz CT molecular complexity index is 546. The smallest absolute Gasteiger partial charge is 0.242 e. The van der Waals surface area contributed by atoms with Gasteiger partial charge in [0, 0.05) is 37.4 Å². The summed E-state index contributed by atoms with van der Waals surface area (Å²) in [6.45, 7) is 0.186. The lowest BCUT2D eigenvalue weighted by Crippen LogP contribution is -2.26. The minimum Gasteiger partial charge on any atom is -0.392 e. The molecule has 0 fully saturated rings. The van der Waals surface area contributed by atoms with Crippen molar-refractivity contribution in [3.8, 4) is 0 Å². The SMILES string of the molecule is CN(C)C(=O)Cn1cc(CO)c2cccnc21. The molecule has 0 atom stereocenters. The molecule has 1 N–H and O–H groups in total. The van der Waals surface area contributed by atoms with Crippen LogP contribution in [0.25, 0.3) is 11.0 Å². The molecule has 0 aliphatic rings. The number of carbonyl (C=O) groups is 1. The van der Waals surface area contributed by atoms with Crippen LogP contribution in [0.15, 0.2) is 24.5 Å². The Labute approximate surface area is 99.3 Å². The minimum absolute atomic E-state index is 0.00274. The number of likely N-dealkylation sites (N-methyl/N-ethyl adjacent to an activating group) is 1. The lowest BCUT2D eigenvalue weighted by Gasteiger charge is -2.10. The van der Waals surface area contributed by atoms with Gasteiger partial charge in [-0.2, -0.15) is 0 Å². The Morgan fingerprint density at radius 2 is 2.29 bits per heavy atom. The molecule has 2 aromatic heterocycles. The van der Waals surface area contributed by atoms with Crippen LogP contribution in [0.1, 0.15) is 5.56 Å². The Morgan fingerprint density at radius 1 is 1.53 bits per heavy atom. The Hall–Kier alpha value is -1.88. The van der Waals surface area contributed by atoms with Gasteiger partial charge in [-0.1, -0.05) is 0 Å². The van der Waals surface area contributed by atoms with Crippen molar-refractivity contribution in [1.82, 2.24) is 14.5 Å². The van der Waals surface area contributed by atoms with Crippen molar-refractivity contribution in [2.24, 2.45) is 0 Å². The number of amides is 1. The number of hydrogen-bond acceptors (Lipinski definition) is 3.